The average Bonchev–Trinajstić information content (AvgIpc) is 2.49. The molecule has 0 radical (unpaired) electrons. The van der Waals surface area contributed by atoms with Crippen molar-refractivity contribution < 1.29 is 0 Å². The molecule has 2 aromatic rings. The summed E-state index contributed by atoms with van der Waals surface area (Å²) in [6.07, 6.45) is 3.45. The van der Waals surface area contributed by atoms with Gasteiger partial charge >= 0.3 is 0 Å². The van der Waals surface area contributed by atoms with Gasteiger partial charge in [0.1, 0.15) is 0 Å². The summed E-state index contributed by atoms with van der Waals surface area (Å²) in [6, 6.07) is 21.1. The molecule has 0 aliphatic heterocycles. The molecule has 0 saturated heterocycles. The van der Waals surface area contributed by atoms with Crippen LogP contribution in [0.2, 0.25) is 0 Å². The number of rotatable bonds is 2. The molecular formula is C18H17Cl. The van der Waals surface area contributed by atoms with Crippen LogP contribution in [-0.4, -0.2) is 0 Å². The molecule has 0 spiro atoms. The maximum Gasteiger partial charge on any atom is 0.0293 e. The molecule has 1 aliphatic rings. The predicted molar refractivity (Wildman–Crippen MR) is 82.2 cm³/mol. The lowest BCUT2D eigenvalue weighted by molar-refractivity contribution is 0.654. The number of halogens is 1. The molecule has 1 heteroatoms. The molecule has 3 rings (SSSR count). The molecule has 1 atom stereocenters. The highest BCUT2D eigenvalue weighted by atomic mass is 35.5. The smallest absolute Gasteiger partial charge is 0.0293 e. The fraction of sp³-hybridized carbons (Fsp3) is 0.222. The van der Waals surface area contributed by atoms with E-state index in [1.54, 1.807) is 0 Å². The van der Waals surface area contributed by atoms with Crippen LogP contribution in [0.4, 0.5) is 0 Å². The van der Waals surface area contributed by atoms with Crippen molar-refractivity contribution in [2.24, 2.45) is 0 Å². The van der Waals surface area contributed by atoms with E-state index in [0.29, 0.717) is 5.92 Å². The van der Waals surface area contributed by atoms with E-state index < -0.39 is 0 Å². The normalized spacial score (nSPS) is 19.5. The van der Waals surface area contributed by atoms with Crippen LogP contribution in [0.25, 0.3) is 5.57 Å². The third-order valence-corrected chi connectivity index (χ3v) is 4.33. The van der Waals surface area contributed by atoms with Gasteiger partial charge in [-0.25, -0.2) is 0 Å². The summed E-state index contributed by atoms with van der Waals surface area (Å²) in [5, 5.41) is 1.03. The van der Waals surface area contributed by atoms with Crippen molar-refractivity contribution in [1.82, 2.24) is 0 Å². The molecule has 0 aromatic heterocycles. The van der Waals surface area contributed by atoms with Gasteiger partial charge in [-0.1, -0.05) is 72.3 Å². The molecule has 0 N–H and O–H groups in total. The molecule has 1 aliphatic carbocycles. The summed E-state index contributed by atoms with van der Waals surface area (Å²) in [7, 11) is 0. The average molecular weight is 269 g/mol. The van der Waals surface area contributed by atoms with Gasteiger partial charge in [0.15, 0.2) is 0 Å². The number of allylic oxidation sites excluding steroid dienone is 2. The van der Waals surface area contributed by atoms with Gasteiger partial charge in [0.05, 0.1) is 0 Å². The van der Waals surface area contributed by atoms with Gasteiger partial charge in [-0.15, -0.1) is 0 Å². The fourth-order valence-corrected chi connectivity index (χ4v) is 3.30. The first-order valence-electron chi connectivity index (χ1n) is 6.85. The first kappa shape index (κ1) is 12.5. The predicted octanol–water partition coefficient (Wildman–Crippen LogP) is 5.60. The Morgan fingerprint density at radius 1 is 0.842 bits per heavy atom. The summed E-state index contributed by atoms with van der Waals surface area (Å²) < 4.78 is 0. The third kappa shape index (κ3) is 2.59. The zero-order valence-electron chi connectivity index (χ0n) is 10.9. The summed E-state index contributed by atoms with van der Waals surface area (Å²) in [6.45, 7) is 0. The van der Waals surface area contributed by atoms with Gasteiger partial charge < -0.3 is 0 Å². The Morgan fingerprint density at radius 2 is 1.47 bits per heavy atom. The minimum atomic E-state index is 0.367. The Balaban J connectivity index is 2.01. The Kier molecular flexibility index (Phi) is 3.70. The van der Waals surface area contributed by atoms with E-state index >= 15 is 0 Å². The van der Waals surface area contributed by atoms with Gasteiger partial charge in [0.25, 0.3) is 0 Å². The number of hydrogen-bond acceptors (Lipinski definition) is 0. The van der Waals surface area contributed by atoms with Crippen LogP contribution < -0.4 is 0 Å². The molecule has 0 heterocycles. The number of benzene rings is 2. The van der Waals surface area contributed by atoms with Crippen LogP contribution in [0.5, 0.6) is 0 Å². The first-order valence-corrected chi connectivity index (χ1v) is 7.23. The van der Waals surface area contributed by atoms with Crippen LogP contribution in [0.1, 0.15) is 36.3 Å². The van der Waals surface area contributed by atoms with Crippen molar-refractivity contribution in [3.8, 4) is 0 Å². The number of hydrogen-bond donors (Lipinski definition) is 0. The van der Waals surface area contributed by atoms with E-state index in [1.807, 2.05) is 0 Å². The lowest BCUT2D eigenvalue weighted by atomic mass is 9.83. The minimum absolute atomic E-state index is 0.367. The van der Waals surface area contributed by atoms with E-state index in [0.717, 1.165) is 17.9 Å². The SMILES string of the molecule is ClC1=C(c2ccccc2)CCCC1c1ccccc1. The van der Waals surface area contributed by atoms with Crippen molar-refractivity contribution in [1.29, 1.82) is 0 Å². The van der Waals surface area contributed by atoms with Gasteiger partial charge in [-0.3, -0.25) is 0 Å². The van der Waals surface area contributed by atoms with E-state index in [2.05, 4.69) is 60.7 Å². The van der Waals surface area contributed by atoms with Crippen LogP contribution >= 0.6 is 11.6 Å². The maximum absolute atomic E-state index is 6.70. The second-order valence-electron chi connectivity index (χ2n) is 5.05. The summed E-state index contributed by atoms with van der Waals surface area (Å²) in [5.74, 6) is 0.367. The molecule has 1 unspecified atom stereocenters. The van der Waals surface area contributed by atoms with Crippen molar-refractivity contribution in [3.05, 3.63) is 76.8 Å². The molecule has 2 aromatic carbocycles. The minimum Gasteiger partial charge on any atom is -0.0882 e. The second-order valence-corrected chi connectivity index (χ2v) is 5.46. The Hall–Kier alpha value is -1.53. The zero-order chi connectivity index (χ0) is 13.1. The molecule has 0 amide bonds. The quantitative estimate of drug-likeness (QED) is 0.665. The lowest BCUT2D eigenvalue weighted by Crippen LogP contribution is -2.07. The van der Waals surface area contributed by atoms with Crippen LogP contribution in [0.3, 0.4) is 0 Å². The van der Waals surface area contributed by atoms with E-state index in [-0.39, 0.29) is 0 Å². The van der Waals surface area contributed by atoms with Gasteiger partial charge in [0, 0.05) is 11.0 Å². The van der Waals surface area contributed by atoms with Crippen LogP contribution in [-0.2, 0) is 0 Å². The van der Waals surface area contributed by atoms with Crippen molar-refractivity contribution in [3.63, 3.8) is 0 Å². The molecule has 0 fully saturated rings. The lowest BCUT2D eigenvalue weighted by Gasteiger charge is -2.25. The van der Waals surface area contributed by atoms with Crippen molar-refractivity contribution >= 4 is 17.2 Å². The summed E-state index contributed by atoms with van der Waals surface area (Å²) in [5.41, 5.74) is 3.93. The largest absolute Gasteiger partial charge is 0.0882 e. The highest BCUT2D eigenvalue weighted by molar-refractivity contribution is 6.33. The Labute approximate surface area is 119 Å². The summed E-state index contributed by atoms with van der Waals surface area (Å²) in [4.78, 5) is 0. The Morgan fingerprint density at radius 3 is 2.16 bits per heavy atom. The highest BCUT2D eigenvalue weighted by Gasteiger charge is 2.23. The molecular weight excluding hydrogens is 252 g/mol. The molecule has 96 valence electrons. The summed E-state index contributed by atoms with van der Waals surface area (Å²) >= 11 is 6.70. The molecule has 0 saturated carbocycles. The van der Waals surface area contributed by atoms with E-state index in [4.69, 9.17) is 11.6 Å². The van der Waals surface area contributed by atoms with E-state index in [1.165, 1.54) is 23.1 Å². The highest BCUT2D eigenvalue weighted by Crippen LogP contribution is 2.43. The monoisotopic (exact) mass is 268 g/mol. The molecule has 0 bridgehead atoms. The van der Waals surface area contributed by atoms with Gasteiger partial charge in [0.2, 0.25) is 0 Å². The zero-order valence-corrected chi connectivity index (χ0v) is 11.6. The molecule has 19 heavy (non-hydrogen) atoms. The van der Waals surface area contributed by atoms with E-state index in [9.17, 15) is 0 Å². The first-order chi connectivity index (χ1) is 9.36. The van der Waals surface area contributed by atoms with Crippen LogP contribution in [0, 0.1) is 0 Å². The second kappa shape index (κ2) is 5.63. The van der Waals surface area contributed by atoms with Gasteiger partial charge in [-0.2, -0.15) is 0 Å². The third-order valence-electron chi connectivity index (χ3n) is 3.84. The topological polar surface area (TPSA) is 0 Å². The van der Waals surface area contributed by atoms with Crippen molar-refractivity contribution in [2.75, 3.05) is 0 Å². The standard InChI is InChI=1S/C18H17Cl/c19-18-16(14-8-3-1-4-9-14)12-7-13-17(18)15-10-5-2-6-11-15/h1-6,8-11,16H,7,12-13H2. The maximum atomic E-state index is 6.70. The van der Waals surface area contributed by atoms with Crippen LogP contribution in [0.15, 0.2) is 65.7 Å². The van der Waals surface area contributed by atoms with Crippen molar-refractivity contribution in [2.45, 2.75) is 25.2 Å². The van der Waals surface area contributed by atoms with Gasteiger partial charge in [-0.05, 0) is 36.0 Å². The Bertz CT molecular complexity index is 569. The fourth-order valence-electron chi connectivity index (χ4n) is 2.86. The molecule has 0 nitrogen and oxygen atoms in total.